The first-order valence-corrected chi connectivity index (χ1v) is 6.55. The molecule has 0 aromatic carbocycles. The number of nitrogens with zero attached hydrogens (tertiary/aromatic N) is 1. The minimum Gasteiger partial charge on any atom is -0.396 e. The first-order chi connectivity index (χ1) is 8.99. The average Bonchev–Trinajstić information content (AvgIpc) is 2.76. The molecule has 0 bridgehead atoms. The second kappa shape index (κ2) is 7.09. The number of aliphatic hydroxyl groups excluding tert-OH is 1. The molecule has 0 aliphatic carbocycles. The lowest BCUT2D eigenvalue weighted by Gasteiger charge is -2.14. The molecule has 1 aromatic rings. The molecule has 0 saturated heterocycles. The molecule has 1 aromatic heterocycles. The Morgan fingerprint density at radius 1 is 1.47 bits per heavy atom. The van der Waals surface area contributed by atoms with Crippen LogP contribution in [0.1, 0.15) is 47.5 Å². The minimum absolute atomic E-state index is 0.0543. The summed E-state index contributed by atoms with van der Waals surface area (Å²) < 4.78 is 1.65. The Balaban J connectivity index is 2.65. The maximum absolute atomic E-state index is 12.0. The van der Waals surface area contributed by atoms with Gasteiger partial charge in [0.15, 0.2) is 5.78 Å². The van der Waals surface area contributed by atoms with Crippen LogP contribution in [0.2, 0.25) is 0 Å². The van der Waals surface area contributed by atoms with Crippen LogP contribution >= 0.6 is 0 Å². The van der Waals surface area contributed by atoms with Crippen LogP contribution in [0, 0.1) is 5.92 Å². The molecule has 1 rings (SSSR count). The highest BCUT2D eigenvalue weighted by Gasteiger charge is 2.15. The number of rotatable bonds is 7. The summed E-state index contributed by atoms with van der Waals surface area (Å²) in [7, 11) is 1.74. The van der Waals surface area contributed by atoms with Gasteiger partial charge in [-0.3, -0.25) is 9.59 Å². The second-order valence-electron chi connectivity index (χ2n) is 4.78. The van der Waals surface area contributed by atoms with Crippen molar-refractivity contribution in [1.82, 2.24) is 9.88 Å². The Labute approximate surface area is 113 Å². The number of carbonyl (C=O) groups is 2. The van der Waals surface area contributed by atoms with E-state index in [2.05, 4.69) is 5.32 Å². The zero-order chi connectivity index (χ0) is 14.4. The molecule has 0 saturated carbocycles. The molecule has 1 heterocycles. The Bertz CT molecular complexity index is 452. The van der Waals surface area contributed by atoms with Gasteiger partial charge in [0, 0.05) is 32.0 Å². The zero-order valence-corrected chi connectivity index (χ0v) is 11.8. The number of aromatic nitrogens is 1. The number of amides is 1. The highest BCUT2D eigenvalue weighted by molar-refractivity contribution is 5.99. The van der Waals surface area contributed by atoms with Crippen LogP contribution in [0.3, 0.4) is 0 Å². The van der Waals surface area contributed by atoms with Gasteiger partial charge in [-0.1, -0.05) is 13.3 Å². The van der Waals surface area contributed by atoms with E-state index in [9.17, 15) is 9.59 Å². The van der Waals surface area contributed by atoms with Crippen LogP contribution in [-0.4, -0.2) is 34.5 Å². The molecule has 5 heteroatoms. The van der Waals surface area contributed by atoms with E-state index in [1.54, 1.807) is 23.9 Å². The van der Waals surface area contributed by atoms with Crippen molar-refractivity contribution in [2.45, 2.75) is 26.7 Å². The normalized spacial score (nSPS) is 12.2. The standard InChI is InChI=1S/C14H22N2O3/c1-4-11(5-6-17)8-15-14(19)13-7-12(10(2)18)9-16(13)3/h7,9,11,17H,4-6,8H2,1-3H3,(H,15,19). The smallest absolute Gasteiger partial charge is 0.267 e. The maximum Gasteiger partial charge on any atom is 0.267 e. The van der Waals surface area contributed by atoms with Crippen molar-refractivity contribution in [2.24, 2.45) is 13.0 Å². The van der Waals surface area contributed by atoms with Gasteiger partial charge in [-0.2, -0.15) is 0 Å². The number of nitrogens with one attached hydrogen (secondary N) is 1. The Morgan fingerprint density at radius 3 is 2.63 bits per heavy atom. The van der Waals surface area contributed by atoms with Crippen molar-refractivity contribution in [1.29, 1.82) is 0 Å². The molecule has 0 aliphatic heterocycles. The lowest BCUT2D eigenvalue weighted by Crippen LogP contribution is -2.30. The number of hydrogen-bond donors (Lipinski definition) is 2. The second-order valence-corrected chi connectivity index (χ2v) is 4.78. The van der Waals surface area contributed by atoms with Gasteiger partial charge >= 0.3 is 0 Å². The maximum atomic E-state index is 12.0. The van der Waals surface area contributed by atoms with Gasteiger partial charge in [0.2, 0.25) is 0 Å². The van der Waals surface area contributed by atoms with Gasteiger partial charge < -0.3 is 15.0 Å². The van der Waals surface area contributed by atoms with Gasteiger partial charge in [0.05, 0.1) is 0 Å². The molecule has 0 radical (unpaired) electrons. The van der Waals surface area contributed by atoms with E-state index in [4.69, 9.17) is 5.11 Å². The van der Waals surface area contributed by atoms with Crippen LogP contribution < -0.4 is 5.32 Å². The topological polar surface area (TPSA) is 71.3 Å². The molecule has 1 amide bonds. The van der Waals surface area contributed by atoms with E-state index in [-0.39, 0.29) is 24.2 Å². The summed E-state index contributed by atoms with van der Waals surface area (Å²) in [5.41, 5.74) is 1.01. The fraction of sp³-hybridized carbons (Fsp3) is 0.571. The predicted octanol–water partition coefficient (Wildman–Crippen LogP) is 1.37. The molecule has 0 spiro atoms. The summed E-state index contributed by atoms with van der Waals surface area (Å²) in [6.07, 6.45) is 3.25. The average molecular weight is 266 g/mol. The molecule has 5 nitrogen and oxygen atoms in total. The van der Waals surface area contributed by atoms with Gasteiger partial charge in [-0.25, -0.2) is 0 Å². The van der Waals surface area contributed by atoms with E-state index >= 15 is 0 Å². The number of hydrogen-bond acceptors (Lipinski definition) is 3. The van der Waals surface area contributed by atoms with Crippen LogP contribution in [-0.2, 0) is 7.05 Å². The van der Waals surface area contributed by atoms with Crippen molar-refractivity contribution in [3.63, 3.8) is 0 Å². The van der Waals surface area contributed by atoms with E-state index < -0.39 is 0 Å². The molecule has 19 heavy (non-hydrogen) atoms. The number of ketones is 1. The van der Waals surface area contributed by atoms with Crippen molar-refractivity contribution in [2.75, 3.05) is 13.2 Å². The van der Waals surface area contributed by atoms with Gasteiger partial charge in [-0.15, -0.1) is 0 Å². The number of carbonyl (C=O) groups excluding carboxylic acids is 2. The third kappa shape index (κ3) is 4.21. The van der Waals surface area contributed by atoms with Crippen LogP contribution in [0.25, 0.3) is 0 Å². The van der Waals surface area contributed by atoms with E-state index in [0.29, 0.717) is 24.2 Å². The molecule has 1 atom stereocenters. The van der Waals surface area contributed by atoms with Crippen molar-refractivity contribution in [3.8, 4) is 0 Å². The fourth-order valence-corrected chi connectivity index (χ4v) is 1.94. The third-order valence-corrected chi connectivity index (χ3v) is 3.31. The Kier molecular flexibility index (Phi) is 5.76. The Hall–Kier alpha value is -1.62. The van der Waals surface area contributed by atoms with E-state index in [0.717, 1.165) is 6.42 Å². The van der Waals surface area contributed by atoms with Crippen molar-refractivity contribution < 1.29 is 14.7 Å². The Morgan fingerprint density at radius 2 is 2.16 bits per heavy atom. The zero-order valence-electron chi connectivity index (χ0n) is 11.8. The SMILES string of the molecule is CCC(CCO)CNC(=O)c1cc(C(C)=O)cn1C. The molecule has 2 N–H and O–H groups in total. The van der Waals surface area contributed by atoms with E-state index in [1.807, 2.05) is 6.92 Å². The minimum atomic E-state index is -0.189. The first kappa shape index (κ1) is 15.4. The monoisotopic (exact) mass is 266 g/mol. The van der Waals surface area contributed by atoms with Crippen LogP contribution in [0.5, 0.6) is 0 Å². The number of aryl methyl sites for hydroxylation is 1. The third-order valence-electron chi connectivity index (χ3n) is 3.31. The van der Waals surface area contributed by atoms with Gasteiger partial charge in [-0.05, 0) is 25.3 Å². The number of Topliss-reactive ketones (excluding diaryl/α,β-unsaturated/α-hetero) is 1. The molecular weight excluding hydrogens is 244 g/mol. The molecule has 0 fully saturated rings. The van der Waals surface area contributed by atoms with Gasteiger partial charge in [0.1, 0.15) is 5.69 Å². The largest absolute Gasteiger partial charge is 0.396 e. The van der Waals surface area contributed by atoms with Crippen molar-refractivity contribution >= 4 is 11.7 Å². The quantitative estimate of drug-likeness (QED) is 0.732. The van der Waals surface area contributed by atoms with Crippen LogP contribution in [0.4, 0.5) is 0 Å². The summed E-state index contributed by atoms with van der Waals surface area (Å²) in [6, 6.07) is 1.60. The molecule has 0 aliphatic rings. The summed E-state index contributed by atoms with van der Waals surface area (Å²) in [6.45, 7) is 4.18. The highest BCUT2D eigenvalue weighted by Crippen LogP contribution is 2.09. The molecule has 106 valence electrons. The summed E-state index contributed by atoms with van der Waals surface area (Å²) in [4.78, 5) is 23.3. The van der Waals surface area contributed by atoms with Crippen LogP contribution in [0.15, 0.2) is 12.3 Å². The lowest BCUT2D eigenvalue weighted by molar-refractivity contribution is 0.0935. The summed E-state index contributed by atoms with van der Waals surface area (Å²) >= 11 is 0. The van der Waals surface area contributed by atoms with Crippen molar-refractivity contribution in [3.05, 3.63) is 23.5 Å². The van der Waals surface area contributed by atoms with Gasteiger partial charge in [0.25, 0.3) is 5.91 Å². The number of aliphatic hydroxyl groups is 1. The molecule has 1 unspecified atom stereocenters. The summed E-state index contributed by atoms with van der Waals surface area (Å²) in [5.74, 6) is 0.0363. The first-order valence-electron chi connectivity index (χ1n) is 6.55. The lowest BCUT2D eigenvalue weighted by atomic mass is 10.0. The highest BCUT2D eigenvalue weighted by atomic mass is 16.3. The fourth-order valence-electron chi connectivity index (χ4n) is 1.94. The molecular formula is C14H22N2O3. The predicted molar refractivity (Wildman–Crippen MR) is 73.2 cm³/mol. The summed E-state index contributed by atoms with van der Waals surface area (Å²) in [5, 5.41) is 11.7. The van der Waals surface area contributed by atoms with E-state index in [1.165, 1.54) is 6.92 Å².